The second kappa shape index (κ2) is 9.61. The number of carbonyl (C=O) groups is 2. The first-order valence-corrected chi connectivity index (χ1v) is 11.6. The summed E-state index contributed by atoms with van der Waals surface area (Å²) in [4.78, 5) is 42.7. The molecule has 8 heteroatoms. The molecule has 34 heavy (non-hydrogen) atoms. The van der Waals surface area contributed by atoms with E-state index in [2.05, 4.69) is 4.99 Å². The zero-order chi connectivity index (χ0) is 24.4. The van der Waals surface area contributed by atoms with Gasteiger partial charge in [-0.1, -0.05) is 53.3 Å². The first-order chi connectivity index (χ1) is 16.3. The summed E-state index contributed by atoms with van der Waals surface area (Å²) < 4.78 is 12.4. The predicted octanol–water partition coefficient (Wildman–Crippen LogP) is 3.03. The van der Waals surface area contributed by atoms with Crippen LogP contribution in [0.15, 0.2) is 69.6 Å². The van der Waals surface area contributed by atoms with Crippen LogP contribution >= 0.6 is 11.3 Å². The molecule has 1 aliphatic rings. The van der Waals surface area contributed by atoms with Crippen molar-refractivity contribution in [2.45, 2.75) is 33.7 Å². The number of fused-ring (bicyclic) bond motifs is 1. The maximum atomic E-state index is 13.6. The van der Waals surface area contributed by atoms with E-state index in [0.717, 1.165) is 16.7 Å². The summed E-state index contributed by atoms with van der Waals surface area (Å²) >= 11 is 1.26. The molecule has 1 aliphatic heterocycles. The third kappa shape index (κ3) is 4.63. The lowest BCUT2D eigenvalue weighted by Gasteiger charge is -2.24. The molecular weight excluding hydrogens is 452 g/mol. The minimum absolute atomic E-state index is 0.226. The molecule has 1 aromatic heterocycles. The highest BCUT2D eigenvalue weighted by atomic mass is 32.1. The fourth-order valence-electron chi connectivity index (χ4n) is 3.81. The lowest BCUT2D eigenvalue weighted by molar-refractivity contribution is -0.139. The van der Waals surface area contributed by atoms with Gasteiger partial charge in [-0.25, -0.2) is 9.79 Å². The molecular formula is C26H24N2O5S. The second-order valence-electron chi connectivity index (χ2n) is 7.88. The number of rotatable bonds is 5. The van der Waals surface area contributed by atoms with Gasteiger partial charge in [0.15, 0.2) is 4.80 Å². The van der Waals surface area contributed by atoms with Gasteiger partial charge < -0.3 is 9.47 Å². The quantitative estimate of drug-likeness (QED) is 0.417. The van der Waals surface area contributed by atoms with E-state index in [1.165, 1.54) is 18.3 Å². The molecule has 2 heterocycles. The number of hydrogen-bond acceptors (Lipinski definition) is 7. The minimum atomic E-state index is -0.635. The Morgan fingerprint density at radius 1 is 1.09 bits per heavy atom. The molecule has 3 aromatic rings. The van der Waals surface area contributed by atoms with Crippen molar-refractivity contribution >= 4 is 29.4 Å². The molecule has 0 fully saturated rings. The molecule has 0 unspecified atom stereocenters. The largest absolute Gasteiger partial charge is 0.463 e. The number of thiazole rings is 1. The Morgan fingerprint density at radius 2 is 1.76 bits per heavy atom. The number of allylic oxidation sites excluding steroid dienone is 1. The van der Waals surface area contributed by atoms with Gasteiger partial charge in [0.1, 0.15) is 5.75 Å². The fraction of sp³-hybridized carbons (Fsp3) is 0.231. The lowest BCUT2D eigenvalue weighted by Crippen LogP contribution is -2.39. The van der Waals surface area contributed by atoms with Crippen LogP contribution in [0.4, 0.5) is 0 Å². The monoisotopic (exact) mass is 476 g/mol. The Kier molecular flexibility index (Phi) is 6.61. The number of aromatic nitrogens is 1. The summed E-state index contributed by atoms with van der Waals surface area (Å²) in [6.45, 7) is 7.06. The average molecular weight is 477 g/mol. The standard InChI is InChI=1S/C26H24N2O5S/c1-5-32-25(31)22-16(3)27-26-28(23(22)19-10-6-15(2)7-11-19)24(30)21(34-26)14-18-8-12-20(13-9-18)33-17(4)29/h6-14,23H,5H2,1-4H3/t23-/m0/s1. The number of aryl methyl sites for hydroxylation is 1. The molecule has 0 saturated carbocycles. The van der Waals surface area contributed by atoms with Gasteiger partial charge in [0.2, 0.25) is 0 Å². The normalized spacial score (nSPS) is 15.5. The van der Waals surface area contributed by atoms with Crippen LogP contribution in [0, 0.1) is 6.92 Å². The molecule has 0 spiro atoms. The Labute approximate surface area is 200 Å². The highest BCUT2D eigenvalue weighted by molar-refractivity contribution is 7.07. The molecule has 1 atom stereocenters. The van der Waals surface area contributed by atoms with Crippen LogP contribution in [0.2, 0.25) is 0 Å². The van der Waals surface area contributed by atoms with E-state index in [1.807, 2.05) is 31.2 Å². The number of nitrogens with zero attached hydrogens (tertiary/aromatic N) is 2. The van der Waals surface area contributed by atoms with Crippen LogP contribution in [0.5, 0.6) is 5.75 Å². The summed E-state index contributed by atoms with van der Waals surface area (Å²) in [5, 5.41) is 0. The third-order valence-electron chi connectivity index (χ3n) is 5.35. The number of ether oxygens (including phenoxy) is 2. The van der Waals surface area contributed by atoms with E-state index in [1.54, 1.807) is 48.8 Å². The van der Waals surface area contributed by atoms with E-state index < -0.39 is 18.0 Å². The Balaban J connectivity index is 1.86. The minimum Gasteiger partial charge on any atom is -0.463 e. The van der Waals surface area contributed by atoms with Crippen LogP contribution in [0.1, 0.15) is 43.5 Å². The molecule has 7 nitrogen and oxygen atoms in total. The molecule has 0 amide bonds. The topological polar surface area (TPSA) is 87.0 Å². The van der Waals surface area contributed by atoms with Crippen molar-refractivity contribution in [1.29, 1.82) is 0 Å². The number of benzene rings is 2. The molecule has 4 rings (SSSR count). The Morgan fingerprint density at radius 3 is 2.38 bits per heavy atom. The SMILES string of the molecule is CCOC(=O)C1=C(C)N=c2sc(=Cc3ccc(OC(C)=O)cc3)c(=O)n2[C@H]1c1ccc(C)cc1. The summed E-state index contributed by atoms with van der Waals surface area (Å²) in [5.74, 6) is -0.449. The maximum absolute atomic E-state index is 13.6. The van der Waals surface area contributed by atoms with Crippen molar-refractivity contribution in [3.8, 4) is 5.75 Å². The van der Waals surface area contributed by atoms with E-state index in [0.29, 0.717) is 26.4 Å². The predicted molar refractivity (Wildman–Crippen MR) is 129 cm³/mol. The Hall–Kier alpha value is -3.78. The molecule has 0 radical (unpaired) electrons. The van der Waals surface area contributed by atoms with Gasteiger partial charge >= 0.3 is 11.9 Å². The first kappa shape index (κ1) is 23.4. The molecule has 0 saturated heterocycles. The average Bonchev–Trinajstić information content (AvgIpc) is 3.09. The van der Waals surface area contributed by atoms with E-state index in [4.69, 9.17) is 9.47 Å². The van der Waals surface area contributed by atoms with Crippen molar-refractivity contribution < 1.29 is 19.1 Å². The summed E-state index contributed by atoms with van der Waals surface area (Å²) in [6.07, 6.45) is 1.76. The van der Waals surface area contributed by atoms with Crippen LogP contribution in [-0.4, -0.2) is 23.1 Å². The second-order valence-corrected chi connectivity index (χ2v) is 8.88. The van der Waals surface area contributed by atoms with Gasteiger partial charge in [0.05, 0.1) is 28.5 Å². The fourth-order valence-corrected chi connectivity index (χ4v) is 4.85. The van der Waals surface area contributed by atoms with E-state index >= 15 is 0 Å². The number of carbonyl (C=O) groups excluding carboxylic acids is 2. The van der Waals surface area contributed by atoms with Crippen LogP contribution in [-0.2, 0) is 14.3 Å². The van der Waals surface area contributed by atoms with Crippen molar-refractivity contribution in [2.24, 2.45) is 4.99 Å². The highest BCUT2D eigenvalue weighted by Gasteiger charge is 2.33. The number of hydrogen-bond donors (Lipinski definition) is 0. The van der Waals surface area contributed by atoms with Crippen molar-refractivity contribution in [1.82, 2.24) is 4.57 Å². The van der Waals surface area contributed by atoms with Crippen molar-refractivity contribution in [3.63, 3.8) is 0 Å². The molecule has 0 bridgehead atoms. The van der Waals surface area contributed by atoms with Gasteiger partial charge in [0.25, 0.3) is 5.56 Å². The van der Waals surface area contributed by atoms with Gasteiger partial charge in [-0.2, -0.15) is 0 Å². The lowest BCUT2D eigenvalue weighted by atomic mass is 9.95. The van der Waals surface area contributed by atoms with Gasteiger partial charge in [0, 0.05) is 6.92 Å². The van der Waals surface area contributed by atoms with Crippen LogP contribution in [0.3, 0.4) is 0 Å². The first-order valence-electron chi connectivity index (χ1n) is 10.8. The van der Waals surface area contributed by atoms with Crippen molar-refractivity contribution in [3.05, 3.63) is 96.2 Å². The molecule has 2 aromatic carbocycles. The zero-order valence-electron chi connectivity index (χ0n) is 19.3. The van der Waals surface area contributed by atoms with Crippen LogP contribution in [0.25, 0.3) is 6.08 Å². The molecule has 0 aliphatic carbocycles. The Bertz CT molecular complexity index is 1460. The van der Waals surface area contributed by atoms with Crippen molar-refractivity contribution in [2.75, 3.05) is 6.61 Å². The van der Waals surface area contributed by atoms with Gasteiger partial charge in [-0.15, -0.1) is 0 Å². The zero-order valence-corrected chi connectivity index (χ0v) is 20.1. The summed E-state index contributed by atoms with van der Waals surface area (Å²) in [5.41, 5.74) is 3.30. The maximum Gasteiger partial charge on any atom is 0.338 e. The van der Waals surface area contributed by atoms with Gasteiger partial charge in [-0.05, 0) is 50.1 Å². The molecule has 0 N–H and O–H groups in total. The van der Waals surface area contributed by atoms with E-state index in [9.17, 15) is 14.4 Å². The van der Waals surface area contributed by atoms with Crippen LogP contribution < -0.4 is 19.6 Å². The summed E-state index contributed by atoms with van der Waals surface area (Å²) in [6, 6.07) is 14.0. The molecule has 174 valence electrons. The third-order valence-corrected chi connectivity index (χ3v) is 6.33. The van der Waals surface area contributed by atoms with Gasteiger partial charge in [-0.3, -0.25) is 14.2 Å². The van der Waals surface area contributed by atoms with E-state index in [-0.39, 0.29) is 12.2 Å². The number of esters is 2. The highest BCUT2D eigenvalue weighted by Crippen LogP contribution is 2.30. The summed E-state index contributed by atoms with van der Waals surface area (Å²) in [7, 11) is 0. The smallest absolute Gasteiger partial charge is 0.338 e.